The van der Waals surface area contributed by atoms with Crippen LogP contribution in [0.15, 0.2) is 0 Å². The minimum absolute atomic E-state index is 0.535. The Labute approximate surface area is 118 Å². The first kappa shape index (κ1) is 13.8. The van der Waals surface area contributed by atoms with Crippen LogP contribution >= 0.6 is 0 Å². The van der Waals surface area contributed by atoms with Crippen LogP contribution in [0.4, 0.5) is 0 Å². The van der Waals surface area contributed by atoms with Crippen molar-refractivity contribution in [2.45, 2.75) is 69.6 Å². The molecular formula is C16H30N2O. The molecule has 0 aromatic carbocycles. The van der Waals surface area contributed by atoms with Gasteiger partial charge in [-0.2, -0.15) is 0 Å². The first-order chi connectivity index (χ1) is 9.36. The molecule has 3 aliphatic rings. The number of rotatable bonds is 3. The Morgan fingerprint density at radius 2 is 1.84 bits per heavy atom. The summed E-state index contributed by atoms with van der Waals surface area (Å²) in [5.74, 6) is 0.913. The van der Waals surface area contributed by atoms with Crippen LogP contribution in [0.5, 0.6) is 0 Å². The SMILES string of the molecule is COC1CCC(N2CCCC(C3CCCN3)C2)CC1. The van der Waals surface area contributed by atoms with Crippen LogP contribution in [-0.2, 0) is 4.74 Å². The molecule has 19 heavy (non-hydrogen) atoms. The van der Waals surface area contributed by atoms with Gasteiger partial charge in [-0.3, -0.25) is 0 Å². The van der Waals surface area contributed by atoms with Gasteiger partial charge in [-0.1, -0.05) is 0 Å². The second-order valence-corrected chi connectivity index (χ2v) is 6.77. The van der Waals surface area contributed by atoms with Crippen molar-refractivity contribution in [3.05, 3.63) is 0 Å². The first-order valence-corrected chi connectivity index (χ1v) is 8.37. The maximum absolute atomic E-state index is 5.50. The topological polar surface area (TPSA) is 24.5 Å². The standard InChI is InChI=1S/C16H30N2O/c1-19-15-8-6-14(7-9-15)18-11-3-4-13(12-18)16-5-2-10-17-16/h13-17H,2-12H2,1H3. The van der Waals surface area contributed by atoms with Crippen molar-refractivity contribution >= 4 is 0 Å². The molecule has 0 aromatic rings. The lowest BCUT2D eigenvalue weighted by Gasteiger charge is -2.42. The summed E-state index contributed by atoms with van der Waals surface area (Å²) in [4.78, 5) is 2.81. The lowest BCUT2D eigenvalue weighted by molar-refractivity contribution is 0.0235. The van der Waals surface area contributed by atoms with E-state index in [2.05, 4.69) is 10.2 Å². The molecule has 2 heterocycles. The summed E-state index contributed by atoms with van der Waals surface area (Å²) in [5, 5.41) is 3.72. The lowest BCUT2D eigenvalue weighted by atomic mass is 9.86. The molecule has 3 rings (SSSR count). The number of methoxy groups -OCH3 is 1. The second kappa shape index (κ2) is 6.55. The molecule has 1 saturated carbocycles. The predicted octanol–water partition coefficient (Wildman–Crippen LogP) is 2.41. The fourth-order valence-corrected chi connectivity index (χ4v) is 4.46. The Balaban J connectivity index is 1.50. The first-order valence-electron chi connectivity index (χ1n) is 8.37. The Hall–Kier alpha value is -0.120. The van der Waals surface area contributed by atoms with Crippen molar-refractivity contribution in [2.75, 3.05) is 26.7 Å². The van der Waals surface area contributed by atoms with Crippen molar-refractivity contribution in [2.24, 2.45) is 5.92 Å². The van der Waals surface area contributed by atoms with E-state index in [0.29, 0.717) is 6.10 Å². The maximum atomic E-state index is 5.50. The van der Waals surface area contributed by atoms with Gasteiger partial charge in [0, 0.05) is 25.7 Å². The van der Waals surface area contributed by atoms with Crippen LogP contribution < -0.4 is 5.32 Å². The van der Waals surface area contributed by atoms with Crippen molar-refractivity contribution in [3.8, 4) is 0 Å². The van der Waals surface area contributed by atoms with Gasteiger partial charge in [0.05, 0.1) is 6.10 Å². The molecule has 0 radical (unpaired) electrons. The number of hydrogen-bond acceptors (Lipinski definition) is 3. The minimum atomic E-state index is 0.535. The molecule has 0 bridgehead atoms. The number of likely N-dealkylation sites (tertiary alicyclic amines) is 1. The zero-order chi connectivity index (χ0) is 13.1. The third-order valence-corrected chi connectivity index (χ3v) is 5.65. The Kier molecular flexibility index (Phi) is 4.78. The molecule has 1 aliphatic carbocycles. The van der Waals surface area contributed by atoms with Crippen LogP contribution in [0.25, 0.3) is 0 Å². The minimum Gasteiger partial charge on any atom is -0.381 e. The number of ether oxygens (including phenoxy) is 1. The highest BCUT2D eigenvalue weighted by Crippen LogP contribution is 2.30. The fraction of sp³-hybridized carbons (Fsp3) is 1.00. The van der Waals surface area contributed by atoms with E-state index in [1.807, 2.05) is 7.11 Å². The van der Waals surface area contributed by atoms with Gasteiger partial charge in [-0.05, 0) is 70.4 Å². The van der Waals surface area contributed by atoms with Crippen LogP contribution in [-0.4, -0.2) is 49.8 Å². The third kappa shape index (κ3) is 3.32. The zero-order valence-electron chi connectivity index (χ0n) is 12.4. The number of nitrogens with one attached hydrogen (secondary N) is 1. The van der Waals surface area contributed by atoms with Crippen LogP contribution in [0.2, 0.25) is 0 Å². The van der Waals surface area contributed by atoms with Gasteiger partial charge in [0.25, 0.3) is 0 Å². The van der Waals surface area contributed by atoms with E-state index in [0.717, 1.165) is 18.0 Å². The molecule has 3 heteroatoms. The fourth-order valence-electron chi connectivity index (χ4n) is 4.46. The van der Waals surface area contributed by atoms with Crippen LogP contribution in [0.3, 0.4) is 0 Å². The van der Waals surface area contributed by atoms with E-state index in [1.165, 1.54) is 71.0 Å². The molecule has 110 valence electrons. The summed E-state index contributed by atoms with van der Waals surface area (Å²) in [6, 6.07) is 1.66. The Morgan fingerprint density at radius 3 is 2.53 bits per heavy atom. The highest BCUT2D eigenvalue weighted by molar-refractivity contribution is 4.89. The molecule has 3 fully saturated rings. The number of nitrogens with zero attached hydrogens (tertiary/aromatic N) is 1. The lowest BCUT2D eigenvalue weighted by Crippen LogP contribution is -2.48. The van der Waals surface area contributed by atoms with Crippen molar-refractivity contribution in [1.29, 1.82) is 0 Å². The smallest absolute Gasteiger partial charge is 0.0572 e. The quantitative estimate of drug-likeness (QED) is 0.849. The molecule has 0 aromatic heterocycles. The van der Waals surface area contributed by atoms with Crippen molar-refractivity contribution in [1.82, 2.24) is 10.2 Å². The molecule has 2 unspecified atom stereocenters. The monoisotopic (exact) mass is 266 g/mol. The molecule has 3 nitrogen and oxygen atoms in total. The summed E-state index contributed by atoms with van der Waals surface area (Å²) in [5.41, 5.74) is 0. The van der Waals surface area contributed by atoms with Gasteiger partial charge in [0.15, 0.2) is 0 Å². The van der Waals surface area contributed by atoms with Crippen LogP contribution in [0, 0.1) is 5.92 Å². The summed E-state index contributed by atoms with van der Waals surface area (Å²) in [6.45, 7) is 3.94. The van der Waals surface area contributed by atoms with Gasteiger partial charge < -0.3 is 15.0 Å². The molecule has 2 aliphatic heterocycles. The van der Waals surface area contributed by atoms with E-state index in [1.54, 1.807) is 0 Å². The Morgan fingerprint density at radius 1 is 1.00 bits per heavy atom. The summed E-state index contributed by atoms with van der Waals surface area (Å²) < 4.78 is 5.50. The predicted molar refractivity (Wildman–Crippen MR) is 78.4 cm³/mol. The van der Waals surface area contributed by atoms with E-state index in [4.69, 9.17) is 4.74 Å². The van der Waals surface area contributed by atoms with Gasteiger partial charge in [0.2, 0.25) is 0 Å². The van der Waals surface area contributed by atoms with Gasteiger partial charge in [-0.15, -0.1) is 0 Å². The number of piperidine rings is 1. The van der Waals surface area contributed by atoms with Crippen molar-refractivity contribution in [3.63, 3.8) is 0 Å². The summed E-state index contributed by atoms with van der Waals surface area (Å²) in [6.07, 6.45) is 11.4. The average Bonchev–Trinajstić information content (AvgIpc) is 3.02. The highest BCUT2D eigenvalue weighted by Gasteiger charge is 2.33. The van der Waals surface area contributed by atoms with E-state index in [9.17, 15) is 0 Å². The van der Waals surface area contributed by atoms with E-state index < -0.39 is 0 Å². The summed E-state index contributed by atoms with van der Waals surface area (Å²) >= 11 is 0. The van der Waals surface area contributed by atoms with Gasteiger partial charge in [0.1, 0.15) is 0 Å². The molecular weight excluding hydrogens is 236 g/mol. The average molecular weight is 266 g/mol. The third-order valence-electron chi connectivity index (χ3n) is 5.65. The second-order valence-electron chi connectivity index (χ2n) is 6.77. The summed E-state index contributed by atoms with van der Waals surface area (Å²) in [7, 11) is 1.87. The molecule has 0 amide bonds. The molecule has 2 saturated heterocycles. The Bertz CT molecular complexity index is 270. The molecule has 1 N–H and O–H groups in total. The van der Waals surface area contributed by atoms with Gasteiger partial charge in [-0.25, -0.2) is 0 Å². The van der Waals surface area contributed by atoms with E-state index in [-0.39, 0.29) is 0 Å². The molecule has 0 spiro atoms. The zero-order valence-corrected chi connectivity index (χ0v) is 12.4. The maximum Gasteiger partial charge on any atom is 0.0572 e. The highest BCUT2D eigenvalue weighted by atomic mass is 16.5. The number of hydrogen-bond donors (Lipinski definition) is 1. The normalized spacial score (nSPS) is 41.5. The van der Waals surface area contributed by atoms with E-state index >= 15 is 0 Å². The largest absolute Gasteiger partial charge is 0.381 e. The van der Waals surface area contributed by atoms with Crippen molar-refractivity contribution < 1.29 is 4.74 Å². The van der Waals surface area contributed by atoms with Crippen LogP contribution in [0.1, 0.15) is 51.4 Å². The molecule has 2 atom stereocenters. The van der Waals surface area contributed by atoms with Gasteiger partial charge >= 0.3 is 0 Å².